The molecule has 0 aliphatic carbocycles. The molecule has 0 aliphatic heterocycles. The molecule has 2 nitrogen and oxygen atoms in total. The summed E-state index contributed by atoms with van der Waals surface area (Å²) in [6, 6.07) is 0. The van der Waals surface area contributed by atoms with Crippen LogP contribution in [-0.2, 0) is 0 Å². The van der Waals surface area contributed by atoms with Crippen molar-refractivity contribution in [1.82, 2.24) is 0 Å². The summed E-state index contributed by atoms with van der Waals surface area (Å²) in [5.74, 6) is 0.666. The van der Waals surface area contributed by atoms with Crippen LogP contribution in [0.2, 0.25) is 0 Å². The van der Waals surface area contributed by atoms with Crippen LogP contribution < -0.4 is 0 Å². The van der Waals surface area contributed by atoms with Crippen LogP contribution in [0.1, 0.15) is 39.5 Å². The molecule has 2 N–H and O–H groups in total. The first-order valence-electron chi connectivity index (χ1n) is 4.45. The summed E-state index contributed by atoms with van der Waals surface area (Å²) in [4.78, 5) is 0. The molecule has 0 rings (SSSR count). The van der Waals surface area contributed by atoms with Gasteiger partial charge in [0.2, 0.25) is 0 Å². The van der Waals surface area contributed by atoms with E-state index in [1.807, 2.05) is 0 Å². The SMILES string of the molecule is CC(C)CCC(O)CCCO. The van der Waals surface area contributed by atoms with Gasteiger partial charge in [-0.15, -0.1) is 0 Å². The second-order valence-corrected chi connectivity index (χ2v) is 3.49. The highest BCUT2D eigenvalue weighted by Gasteiger charge is 2.04. The quantitative estimate of drug-likeness (QED) is 0.619. The molecule has 0 amide bonds. The summed E-state index contributed by atoms with van der Waals surface area (Å²) in [6.45, 7) is 4.50. The monoisotopic (exact) mass is 160 g/mol. The molecule has 0 spiro atoms. The lowest BCUT2D eigenvalue weighted by atomic mass is 10.0. The van der Waals surface area contributed by atoms with E-state index in [0.29, 0.717) is 5.92 Å². The first-order chi connectivity index (χ1) is 5.16. The molecule has 0 saturated heterocycles. The Labute approximate surface area is 69.2 Å². The summed E-state index contributed by atoms with van der Waals surface area (Å²) >= 11 is 0. The van der Waals surface area contributed by atoms with Crippen LogP contribution in [-0.4, -0.2) is 22.9 Å². The minimum atomic E-state index is -0.204. The van der Waals surface area contributed by atoms with Crippen molar-refractivity contribution in [2.45, 2.75) is 45.6 Å². The highest BCUT2D eigenvalue weighted by atomic mass is 16.3. The first kappa shape index (κ1) is 10.9. The van der Waals surface area contributed by atoms with E-state index in [2.05, 4.69) is 13.8 Å². The van der Waals surface area contributed by atoms with E-state index in [-0.39, 0.29) is 12.7 Å². The maximum atomic E-state index is 9.32. The maximum Gasteiger partial charge on any atom is 0.0541 e. The van der Waals surface area contributed by atoms with E-state index in [4.69, 9.17) is 5.11 Å². The Hall–Kier alpha value is -0.0800. The van der Waals surface area contributed by atoms with Crippen molar-refractivity contribution in [1.29, 1.82) is 0 Å². The molecule has 68 valence electrons. The molecule has 1 atom stereocenters. The molecular formula is C9H20O2. The van der Waals surface area contributed by atoms with Crippen LogP contribution in [0.5, 0.6) is 0 Å². The van der Waals surface area contributed by atoms with E-state index in [1.54, 1.807) is 0 Å². The number of hydrogen-bond acceptors (Lipinski definition) is 2. The van der Waals surface area contributed by atoms with Crippen molar-refractivity contribution < 1.29 is 10.2 Å². The number of aliphatic hydroxyl groups is 2. The smallest absolute Gasteiger partial charge is 0.0541 e. The Kier molecular flexibility index (Phi) is 6.57. The zero-order valence-corrected chi connectivity index (χ0v) is 7.58. The van der Waals surface area contributed by atoms with Crippen molar-refractivity contribution in [2.24, 2.45) is 5.92 Å². The number of hydrogen-bond donors (Lipinski definition) is 2. The fraction of sp³-hybridized carbons (Fsp3) is 1.00. The Morgan fingerprint density at radius 2 is 1.73 bits per heavy atom. The van der Waals surface area contributed by atoms with Crippen LogP contribution in [0.15, 0.2) is 0 Å². The van der Waals surface area contributed by atoms with Crippen molar-refractivity contribution >= 4 is 0 Å². The molecular weight excluding hydrogens is 140 g/mol. The minimum Gasteiger partial charge on any atom is -0.396 e. The predicted octanol–water partition coefficient (Wildman–Crippen LogP) is 1.56. The van der Waals surface area contributed by atoms with Gasteiger partial charge < -0.3 is 10.2 Å². The fourth-order valence-electron chi connectivity index (χ4n) is 0.997. The van der Waals surface area contributed by atoms with Gasteiger partial charge in [-0.2, -0.15) is 0 Å². The van der Waals surface area contributed by atoms with Gasteiger partial charge in [0.15, 0.2) is 0 Å². The van der Waals surface area contributed by atoms with Crippen molar-refractivity contribution in [2.75, 3.05) is 6.61 Å². The third-order valence-electron chi connectivity index (χ3n) is 1.77. The third-order valence-corrected chi connectivity index (χ3v) is 1.77. The van der Waals surface area contributed by atoms with Crippen LogP contribution in [0.3, 0.4) is 0 Å². The van der Waals surface area contributed by atoms with E-state index in [1.165, 1.54) is 0 Å². The van der Waals surface area contributed by atoms with Gasteiger partial charge in [-0.1, -0.05) is 13.8 Å². The van der Waals surface area contributed by atoms with Gasteiger partial charge in [0.1, 0.15) is 0 Å². The molecule has 1 unspecified atom stereocenters. The summed E-state index contributed by atoms with van der Waals surface area (Å²) in [5.41, 5.74) is 0. The normalized spacial score (nSPS) is 13.9. The molecule has 0 fully saturated rings. The van der Waals surface area contributed by atoms with Crippen LogP contribution in [0.4, 0.5) is 0 Å². The molecule has 0 bridgehead atoms. The number of rotatable bonds is 6. The summed E-state index contributed by atoms with van der Waals surface area (Å²) in [5, 5.41) is 17.8. The molecule has 0 aromatic heterocycles. The van der Waals surface area contributed by atoms with Crippen LogP contribution in [0, 0.1) is 5.92 Å². The zero-order chi connectivity index (χ0) is 8.69. The number of aliphatic hydroxyl groups excluding tert-OH is 2. The van der Waals surface area contributed by atoms with Gasteiger partial charge in [0, 0.05) is 6.61 Å². The van der Waals surface area contributed by atoms with Crippen LogP contribution >= 0.6 is 0 Å². The average molecular weight is 160 g/mol. The topological polar surface area (TPSA) is 40.5 Å². The van der Waals surface area contributed by atoms with Crippen molar-refractivity contribution in [3.05, 3.63) is 0 Å². The molecule has 0 saturated carbocycles. The Bertz CT molecular complexity index is 81.6. The lowest BCUT2D eigenvalue weighted by Crippen LogP contribution is -2.08. The highest BCUT2D eigenvalue weighted by Crippen LogP contribution is 2.09. The predicted molar refractivity (Wildman–Crippen MR) is 46.4 cm³/mol. The van der Waals surface area contributed by atoms with Gasteiger partial charge in [-0.25, -0.2) is 0 Å². The van der Waals surface area contributed by atoms with E-state index < -0.39 is 0 Å². The van der Waals surface area contributed by atoms with Gasteiger partial charge in [-0.05, 0) is 31.6 Å². The summed E-state index contributed by atoms with van der Waals surface area (Å²) < 4.78 is 0. The Morgan fingerprint density at radius 3 is 2.18 bits per heavy atom. The molecule has 2 heteroatoms. The van der Waals surface area contributed by atoms with Crippen LogP contribution in [0.25, 0.3) is 0 Å². The van der Waals surface area contributed by atoms with Gasteiger partial charge in [-0.3, -0.25) is 0 Å². The molecule has 11 heavy (non-hydrogen) atoms. The average Bonchev–Trinajstić information content (AvgIpc) is 1.97. The minimum absolute atomic E-state index is 0.193. The summed E-state index contributed by atoms with van der Waals surface area (Å²) in [6.07, 6.45) is 3.21. The maximum absolute atomic E-state index is 9.32. The van der Waals surface area contributed by atoms with E-state index in [0.717, 1.165) is 25.7 Å². The standard InChI is InChI=1S/C9H20O2/c1-8(2)5-6-9(11)4-3-7-10/h8-11H,3-7H2,1-2H3. The second-order valence-electron chi connectivity index (χ2n) is 3.49. The van der Waals surface area contributed by atoms with E-state index in [9.17, 15) is 5.11 Å². The molecule has 0 aromatic carbocycles. The highest BCUT2D eigenvalue weighted by molar-refractivity contribution is 4.57. The van der Waals surface area contributed by atoms with Crippen molar-refractivity contribution in [3.8, 4) is 0 Å². The van der Waals surface area contributed by atoms with Crippen molar-refractivity contribution in [3.63, 3.8) is 0 Å². The molecule has 0 radical (unpaired) electrons. The van der Waals surface area contributed by atoms with Gasteiger partial charge in [0.25, 0.3) is 0 Å². The lowest BCUT2D eigenvalue weighted by Gasteiger charge is -2.10. The Balaban J connectivity index is 3.15. The lowest BCUT2D eigenvalue weighted by molar-refractivity contribution is 0.134. The van der Waals surface area contributed by atoms with Gasteiger partial charge >= 0.3 is 0 Å². The zero-order valence-electron chi connectivity index (χ0n) is 7.58. The third kappa shape index (κ3) is 7.82. The summed E-state index contributed by atoms with van der Waals surface area (Å²) in [7, 11) is 0. The van der Waals surface area contributed by atoms with Gasteiger partial charge in [0.05, 0.1) is 6.10 Å². The fourth-order valence-corrected chi connectivity index (χ4v) is 0.997. The van der Waals surface area contributed by atoms with E-state index >= 15 is 0 Å². The first-order valence-corrected chi connectivity index (χ1v) is 4.45. The second kappa shape index (κ2) is 6.62. The molecule has 0 aromatic rings. The largest absolute Gasteiger partial charge is 0.396 e. The molecule has 0 heterocycles. The molecule has 0 aliphatic rings. The Morgan fingerprint density at radius 1 is 1.09 bits per heavy atom.